The molecule has 0 aromatic heterocycles. The SMILES string of the molecule is CC.CCc1cc[c-]cc1.[Rb+]. The van der Waals surface area contributed by atoms with Gasteiger partial charge in [-0.15, -0.1) is 0 Å². The summed E-state index contributed by atoms with van der Waals surface area (Å²) in [6.45, 7) is 6.15. The van der Waals surface area contributed by atoms with E-state index in [1.54, 1.807) is 0 Å². The zero-order chi connectivity index (χ0) is 7.82. The normalized spacial score (nSPS) is 7.18. The molecule has 11 heavy (non-hydrogen) atoms. The molecular weight excluding hydrogens is 206 g/mol. The molecule has 0 unspecified atom stereocenters. The summed E-state index contributed by atoms with van der Waals surface area (Å²) in [6.07, 6.45) is 1.12. The fourth-order valence-corrected chi connectivity index (χ4v) is 0.657. The first-order chi connectivity index (χ1) is 4.93. The molecule has 0 N–H and O–H groups in total. The van der Waals surface area contributed by atoms with Crippen LogP contribution in [0.5, 0.6) is 0 Å². The topological polar surface area (TPSA) is 0 Å². The van der Waals surface area contributed by atoms with Crippen LogP contribution in [0.4, 0.5) is 0 Å². The van der Waals surface area contributed by atoms with Crippen molar-refractivity contribution in [3.8, 4) is 0 Å². The van der Waals surface area contributed by atoms with Crippen molar-refractivity contribution >= 4 is 0 Å². The summed E-state index contributed by atoms with van der Waals surface area (Å²) in [5.41, 5.74) is 1.38. The maximum absolute atomic E-state index is 2.97. The summed E-state index contributed by atoms with van der Waals surface area (Å²) in [6, 6.07) is 11.0. The van der Waals surface area contributed by atoms with Crippen LogP contribution in [0.2, 0.25) is 0 Å². The van der Waals surface area contributed by atoms with Crippen molar-refractivity contribution in [1.29, 1.82) is 0 Å². The molecule has 0 fully saturated rings. The van der Waals surface area contributed by atoms with E-state index in [2.05, 4.69) is 25.1 Å². The zero-order valence-electron chi connectivity index (χ0n) is 8.02. The largest absolute Gasteiger partial charge is 1.00 e. The maximum atomic E-state index is 2.97. The van der Waals surface area contributed by atoms with Crippen LogP contribution in [-0.4, -0.2) is 0 Å². The summed E-state index contributed by atoms with van der Waals surface area (Å²) in [4.78, 5) is 0. The Labute approximate surface area is 119 Å². The second-order valence-electron chi connectivity index (χ2n) is 1.76. The van der Waals surface area contributed by atoms with Crippen molar-refractivity contribution in [3.63, 3.8) is 0 Å². The van der Waals surface area contributed by atoms with Crippen LogP contribution in [0.25, 0.3) is 0 Å². The first-order valence-corrected chi connectivity index (χ1v) is 3.88. The molecule has 0 spiro atoms. The summed E-state index contributed by atoms with van der Waals surface area (Å²) >= 11 is 0. The van der Waals surface area contributed by atoms with Crippen molar-refractivity contribution < 1.29 is 58.2 Å². The average molecular weight is 221 g/mol. The molecule has 1 aromatic rings. The fourth-order valence-electron chi connectivity index (χ4n) is 0.657. The molecule has 0 amide bonds. The van der Waals surface area contributed by atoms with E-state index in [1.165, 1.54) is 5.56 Å². The van der Waals surface area contributed by atoms with Crippen LogP contribution in [0, 0.1) is 6.07 Å². The molecule has 0 saturated carbocycles. The molecule has 56 valence electrons. The predicted octanol–water partition coefficient (Wildman–Crippen LogP) is 0.0794. The minimum atomic E-state index is 0. The van der Waals surface area contributed by atoms with Crippen LogP contribution in [-0.2, 0) is 6.42 Å². The number of aryl methyl sites for hydroxylation is 1. The molecule has 0 heterocycles. The van der Waals surface area contributed by atoms with Crippen molar-refractivity contribution in [2.75, 3.05) is 0 Å². The van der Waals surface area contributed by atoms with Gasteiger partial charge in [-0.1, -0.05) is 27.2 Å². The first kappa shape index (κ1) is 14.5. The van der Waals surface area contributed by atoms with Crippen LogP contribution in [0.1, 0.15) is 26.3 Å². The molecular formula is C10H15Rb. The van der Waals surface area contributed by atoms with Gasteiger partial charge in [0.1, 0.15) is 0 Å². The molecule has 0 aliphatic rings. The molecule has 0 bridgehead atoms. The van der Waals surface area contributed by atoms with E-state index < -0.39 is 0 Å². The maximum Gasteiger partial charge on any atom is 1.00 e. The smallest absolute Gasteiger partial charge is 0.184 e. The van der Waals surface area contributed by atoms with E-state index in [0.717, 1.165) is 6.42 Å². The predicted molar refractivity (Wildman–Crippen MR) is 46.0 cm³/mol. The van der Waals surface area contributed by atoms with Gasteiger partial charge in [0.2, 0.25) is 0 Å². The van der Waals surface area contributed by atoms with Gasteiger partial charge in [-0.25, -0.2) is 0 Å². The Morgan fingerprint density at radius 3 is 1.91 bits per heavy atom. The third-order valence-electron chi connectivity index (χ3n) is 1.20. The first-order valence-electron chi connectivity index (χ1n) is 3.88. The van der Waals surface area contributed by atoms with E-state index in [0.29, 0.717) is 0 Å². The Hall–Kier alpha value is 1.03. The standard InChI is InChI=1S/C8H9.C2H6.Rb/c1-2-8-6-4-3-5-7-8;1-2;/h4-7H,2H2,1H3;1-2H3;/q-1;;+1. The molecule has 0 saturated heterocycles. The number of hydrogen-bond acceptors (Lipinski definition) is 0. The van der Waals surface area contributed by atoms with Crippen LogP contribution >= 0.6 is 0 Å². The van der Waals surface area contributed by atoms with Gasteiger partial charge in [0.15, 0.2) is 0 Å². The number of hydrogen-bond donors (Lipinski definition) is 0. The van der Waals surface area contributed by atoms with Crippen molar-refractivity contribution in [2.24, 2.45) is 0 Å². The quantitative estimate of drug-likeness (QED) is 0.589. The third-order valence-corrected chi connectivity index (χ3v) is 1.20. The molecule has 1 rings (SSSR count). The van der Waals surface area contributed by atoms with Crippen LogP contribution in [0.3, 0.4) is 0 Å². The van der Waals surface area contributed by atoms with E-state index in [-0.39, 0.29) is 58.2 Å². The van der Waals surface area contributed by atoms with E-state index in [1.807, 2.05) is 26.0 Å². The minimum Gasteiger partial charge on any atom is -0.184 e. The van der Waals surface area contributed by atoms with Gasteiger partial charge in [0.05, 0.1) is 0 Å². The Balaban J connectivity index is 0. The summed E-state index contributed by atoms with van der Waals surface area (Å²) in [7, 11) is 0. The minimum absolute atomic E-state index is 0. The summed E-state index contributed by atoms with van der Waals surface area (Å²) < 4.78 is 0. The number of benzene rings is 1. The van der Waals surface area contributed by atoms with E-state index in [4.69, 9.17) is 0 Å². The van der Waals surface area contributed by atoms with Gasteiger partial charge in [0.25, 0.3) is 0 Å². The van der Waals surface area contributed by atoms with Gasteiger partial charge < -0.3 is 0 Å². The van der Waals surface area contributed by atoms with Crippen LogP contribution < -0.4 is 58.2 Å². The average Bonchev–Trinajstić information content (AvgIpc) is 2.10. The van der Waals surface area contributed by atoms with Gasteiger partial charge in [-0.3, -0.25) is 0 Å². The van der Waals surface area contributed by atoms with E-state index in [9.17, 15) is 0 Å². The van der Waals surface area contributed by atoms with Crippen LogP contribution in [0.15, 0.2) is 24.3 Å². The third kappa shape index (κ3) is 7.39. The van der Waals surface area contributed by atoms with Gasteiger partial charge in [-0.05, 0) is 0 Å². The molecule has 1 heteroatoms. The van der Waals surface area contributed by atoms with Crippen molar-refractivity contribution in [1.82, 2.24) is 0 Å². The molecule has 1 aromatic carbocycles. The Kier molecular flexibility index (Phi) is 14.6. The summed E-state index contributed by atoms with van der Waals surface area (Å²) in [5.74, 6) is 0. The van der Waals surface area contributed by atoms with Crippen molar-refractivity contribution in [2.45, 2.75) is 27.2 Å². The molecule has 0 nitrogen and oxygen atoms in total. The molecule has 0 atom stereocenters. The molecule has 0 radical (unpaired) electrons. The second kappa shape index (κ2) is 11.0. The van der Waals surface area contributed by atoms with E-state index >= 15 is 0 Å². The Bertz CT molecular complexity index is 146. The zero-order valence-corrected chi connectivity index (χ0v) is 12.9. The van der Waals surface area contributed by atoms with Gasteiger partial charge in [-0.2, -0.15) is 35.9 Å². The number of rotatable bonds is 1. The Morgan fingerprint density at radius 2 is 1.64 bits per heavy atom. The monoisotopic (exact) mass is 220 g/mol. The molecule has 0 aliphatic carbocycles. The summed E-state index contributed by atoms with van der Waals surface area (Å²) in [5, 5.41) is 0. The Morgan fingerprint density at radius 1 is 1.18 bits per heavy atom. The molecule has 0 aliphatic heterocycles. The second-order valence-corrected chi connectivity index (χ2v) is 1.76. The van der Waals surface area contributed by atoms with Crippen molar-refractivity contribution in [3.05, 3.63) is 35.9 Å². The van der Waals surface area contributed by atoms with Gasteiger partial charge >= 0.3 is 58.2 Å². The fraction of sp³-hybridized carbons (Fsp3) is 0.400. The van der Waals surface area contributed by atoms with Gasteiger partial charge in [0, 0.05) is 0 Å².